The zero-order valence-electron chi connectivity index (χ0n) is 12.1. The van der Waals surface area contributed by atoms with Gasteiger partial charge in [-0.1, -0.05) is 20.8 Å². The van der Waals surface area contributed by atoms with E-state index < -0.39 is 0 Å². The monoisotopic (exact) mass is 228 g/mol. The Morgan fingerprint density at radius 3 is 2.19 bits per heavy atom. The number of rotatable bonds is 10. The van der Waals surface area contributed by atoms with Crippen LogP contribution in [0.5, 0.6) is 0 Å². The summed E-state index contributed by atoms with van der Waals surface area (Å²) in [5, 5.41) is 3.47. The molecule has 0 aromatic carbocycles. The molecule has 0 saturated heterocycles. The summed E-state index contributed by atoms with van der Waals surface area (Å²) in [6.07, 6.45) is 6.38. The molecule has 98 valence electrons. The third-order valence-corrected chi connectivity index (χ3v) is 3.62. The second-order valence-electron chi connectivity index (χ2n) is 4.88. The van der Waals surface area contributed by atoms with Gasteiger partial charge >= 0.3 is 0 Å². The smallest absolute Gasteiger partial charge is 0.00897 e. The van der Waals surface area contributed by atoms with E-state index in [4.69, 9.17) is 0 Å². The summed E-state index contributed by atoms with van der Waals surface area (Å²) in [4.78, 5) is 2.56. The van der Waals surface area contributed by atoms with E-state index in [2.05, 4.69) is 45.0 Å². The second-order valence-corrected chi connectivity index (χ2v) is 4.88. The molecule has 0 aliphatic heterocycles. The van der Waals surface area contributed by atoms with Crippen molar-refractivity contribution >= 4 is 0 Å². The topological polar surface area (TPSA) is 15.3 Å². The van der Waals surface area contributed by atoms with Crippen molar-refractivity contribution in [3.05, 3.63) is 0 Å². The molecule has 0 saturated carbocycles. The zero-order chi connectivity index (χ0) is 12.4. The van der Waals surface area contributed by atoms with E-state index in [0.717, 1.165) is 12.6 Å². The largest absolute Gasteiger partial charge is 0.317 e. The summed E-state index contributed by atoms with van der Waals surface area (Å²) < 4.78 is 0. The van der Waals surface area contributed by atoms with E-state index in [0.29, 0.717) is 6.04 Å². The van der Waals surface area contributed by atoms with Gasteiger partial charge in [-0.25, -0.2) is 0 Å². The molecule has 0 radical (unpaired) electrons. The van der Waals surface area contributed by atoms with Gasteiger partial charge in [0, 0.05) is 12.1 Å². The quantitative estimate of drug-likeness (QED) is 0.577. The molecular formula is C14H32N2. The number of hydrogen-bond acceptors (Lipinski definition) is 2. The highest BCUT2D eigenvalue weighted by Crippen LogP contribution is 2.13. The fourth-order valence-electron chi connectivity index (χ4n) is 2.25. The van der Waals surface area contributed by atoms with Crippen LogP contribution < -0.4 is 5.32 Å². The SMILES string of the molecule is CCCNCCCC(C)N(C)C(CC)CC. The average Bonchev–Trinajstić information content (AvgIpc) is 2.30. The van der Waals surface area contributed by atoms with Crippen LogP contribution in [0, 0.1) is 0 Å². The van der Waals surface area contributed by atoms with Crippen molar-refractivity contribution in [1.29, 1.82) is 0 Å². The van der Waals surface area contributed by atoms with Crippen LogP contribution >= 0.6 is 0 Å². The highest BCUT2D eigenvalue weighted by atomic mass is 15.1. The van der Waals surface area contributed by atoms with Gasteiger partial charge in [-0.3, -0.25) is 0 Å². The van der Waals surface area contributed by atoms with Crippen molar-refractivity contribution in [3.8, 4) is 0 Å². The molecular weight excluding hydrogens is 196 g/mol. The number of nitrogens with zero attached hydrogens (tertiary/aromatic N) is 1. The Balaban J connectivity index is 3.65. The first-order valence-corrected chi connectivity index (χ1v) is 7.09. The third-order valence-electron chi connectivity index (χ3n) is 3.62. The van der Waals surface area contributed by atoms with Crippen molar-refractivity contribution in [1.82, 2.24) is 10.2 Å². The normalized spacial score (nSPS) is 13.7. The summed E-state index contributed by atoms with van der Waals surface area (Å²) in [7, 11) is 2.28. The molecule has 1 N–H and O–H groups in total. The van der Waals surface area contributed by atoms with Crippen LogP contribution in [-0.4, -0.2) is 37.1 Å². The summed E-state index contributed by atoms with van der Waals surface area (Å²) >= 11 is 0. The summed E-state index contributed by atoms with van der Waals surface area (Å²) in [6.45, 7) is 11.5. The second kappa shape index (κ2) is 10.1. The fraction of sp³-hybridized carbons (Fsp3) is 1.00. The van der Waals surface area contributed by atoms with Gasteiger partial charge in [0.05, 0.1) is 0 Å². The lowest BCUT2D eigenvalue weighted by Crippen LogP contribution is -2.38. The average molecular weight is 228 g/mol. The number of hydrogen-bond donors (Lipinski definition) is 1. The summed E-state index contributed by atoms with van der Waals surface area (Å²) in [6, 6.07) is 1.48. The van der Waals surface area contributed by atoms with E-state index in [1.54, 1.807) is 0 Å². The molecule has 0 aromatic heterocycles. The zero-order valence-corrected chi connectivity index (χ0v) is 12.1. The van der Waals surface area contributed by atoms with Crippen LogP contribution in [0.2, 0.25) is 0 Å². The Bertz CT molecular complexity index is 144. The third kappa shape index (κ3) is 6.49. The molecule has 0 aromatic rings. The molecule has 1 atom stereocenters. The molecule has 0 aliphatic rings. The van der Waals surface area contributed by atoms with Crippen LogP contribution in [0.25, 0.3) is 0 Å². The number of nitrogens with one attached hydrogen (secondary N) is 1. The maximum absolute atomic E-state index is 3.47. The van der Waals surface area contributed by atoms with Gasteiger partial charge in [0.2, 0.25) is 0 Å². The lowest BCUT2D eigenvalue weighted by atomic mass is 10.1. The summed E-state index contributed by atoms with van der Waals surface area (Å²) in [5.74, 6) is 0. The van der Waals surface area contributed by atoms with Crippen molar-refractivity contribution in [2.24, 2.45) is 0 Å². The molecule has 0 heterocycles. The van der Waals surface area contributed by atoms with E-state index in [1.807, 2.05) is 0 Å². The van der Waals surface area contributed by atoms with Crippen LogP contribution in [0.1, 0.15) is 59.8 Å². The Kier molecular flexibility index (Phi) is 10.0. The van der Waals surface area contributed by atoms with Gasteiger partial charge in [0.1, 0.15) is 0 Å². The Labute approximate surface area is 103 Å². The lowest BCUT2D eigenvalue weighted by Gasteiger charge is -2.32. The van der Waals surface area contributed by atoms with Gasteiger partial charge < -0.3 is 10.2 Å². The minimum Gasteiger partial charge on any atom is -0.317 e. The maximum Gasteiger partial charge on any atom is 0.00897 e. The first kappa shape index (κ1) is 15.9. The first-order chi connectivity index (χ1) is 7.67. The van der Waals surface area contributed by atoms with Gasteiger partial charge in [-0.2, -0.15) is 0 Å². The molecule has 0 aliphatic carbocycles. The van der Waals surface area contributed by atoms with Gasteiger partial charge in [0.25, 0.3) is 0 Å². The molecule has 1 unspecified atom stereocenters. The fourth-order valence-corrected chi connectivity index (χ4v) is 2.25. The molecule has 0 fully saturated rings. The predicted octanol–water partition coefficient (Wildman–Crippen LogP) is 3.28. The molecule has 2 nitrogen and oxygen atoms in total. The molecule has 0 amide bonds. The highest BCUT2D eigenvalue weighted by Gasteiger charge is 2.15. The van der Waals surface area contributed by atoms with Crippen molar-refractivity contribution in [2.75, 3.05) is 20.1 Å². The molecule has 0 bridgehead atoms. The minimum absolute atomic E-state index is 0.716. The van der Waals surface area contributed by atoms with Crippen molar-refractivity contribution < 1.29 is 0 Å². The van der Waals surface area contributed by atoms with Gasteiger partial charge in [-0.05, 0) is 59.2 Å². The van der Waals surface area contributed by atoms with E-state index in [1.165, 1.54) is 38.6 Å². The Morgan fingerprint density at radius 1 is 1.06 bits per heavy atom. The molecule has 0 spiro atoms. The summed E-state index contributed by atoms with van der Waals surface area (Å²) in [5.41, 5.74) is 0. The van der Waals surface area contributed by atoms with Crippen molar-refractivity contribution in [3.63, 3.8) is 0 Å². The standard InChI is InChI=1S/C14H32N2/c1-6-11-15-12-9-10-13(4)16(5)14(7-2)8-3/h13-15H,6-12H2,1-5H3. The van der Waals surface area contributed by atoms with Gasteiger partial charge in [0.15, 0.2) is 0 Å². The molecule has 0 rings (SSSR count). The lowest BCUT2D eigenvalue weighted by molar-refractivity contribution is 0.165. The molecule has 16 heavy (non-hydrogen) atoms. The van der Waals surface area contributed by atoms with E-state index in [-0.39, 0.29) is 0 Å². The van der Waals surface area contributed by atoms with Crippen LogP contribution in [-0.2, 0) is 0 Å². The minimum atomic E-state index is 0.716. The van der Waals surface area contributed by atoms with Crippen LogP contribution in [0.4, 0.5) is 0 Å². The van der Waals surface area contributed by atoms with E-state index >= 15 is 0 Å². The van der Waals surface area contributed by atoms with Crippen LogP contribution in [0.15, 0.2) is 0 Å². The van der Waals surface area contributed by atoms with Crippen LogP contribution in [0.3, 0.4) is 0 Å². The highest BCUT2D eigenvalue weighted by molar-refractivity contribution is 4.71. The molecule has 2 heteroatoms. The Hall–Kier alpha value is -0.0800. The predicted molar refractivity (Wildman–Crippen MR) is 74.0 cm³/mol. The van der Waals surface area contributed by atoms with Crippen molar-refractivity contribution in [2.45, 2.75) is 71.9 Å². The van der Waals surface area contributed by atoms with E-state index in [9.17, 15) is 0 Å². The first-order valence-electron chi connectivity index (χ1n) is 7.09. The Morgan fingerprint density at radius 2 is 1.69 bits per heavy atom. The maximum atomic E-state index is 3.47. The van der Waals surface area contributed by atoms with Gasteiger partial charge in [-0.15, -0.1) is 0 Å².